The summed E-state index contributed by atoms with van der Waals surface area (Å²) < 4.78 is 12.8. The van der Waals surface area contributed by atoms with E-state index in [1.165, 1.54) is 28.2 Å². The molecule has 2 aromatic rings. The summed E-state index contributed by atoms with van der Waals surface area (Å²) in [5, 5.41) is 2.72. The molecular weight excluding hydrogens is 273 g/mol. The van der Waals surface area contributed by atoms with Gasteiger partial charge in [0.1, 0.15) is 5.82 Å². The molecule has 1 aliphatic heterocycles. The van der Waals surface area contributed by atoms with Crippen LogP contribution in [0.5, 0.6) is 0 Å². The zero-order valence-electron chi connectivity index (χ0n) is 11.0. The van der Waals surface area contributed by atoms with Gasteiger partial charge in [0, 0.05) is 10.6 Å². The maximum Gasteiger partial charge on any atom is 0.238 e. The van der Waals surface area contributed by atoms with Crippen LogP contribution >= 0.6 is 11.8 Å². The number of fused-ring (bicyclic) bond motifs is 1. The minimum Gasteiger partial charge on any atom is -0.325 e. The Labute approximate surface area is 121 Å². The highest BCUT2D eigenvalue weighted by Crippen LogP contribution is 2.38. The first-order chi connectivity index (χ1) is 9.61. The Hall–Kier alpha value is -1.81. The van der Waals surface area contributed by atoms with Crippen LogP contribution in [0.25, 0.3) is 0 Å². The number of carbonyl (C=O) groups excluding carboxylic acids is 1. The monoisotopic (exact) mass is 287 g/mol. The van der Waals surface area contributed by atoms with Gasteiger partial charge in [-0.15, -0.1) is 11.8 Å². The van der Waals surface area contributed by atoms with Crippen LogP contribution in [0, 0.1) is 12.7 Å². The molecule has 1 heterocycles. The Morgan fingerprint density at radius 2 is 2.00 bits per heavy atom. The van der Waals surface area contributed by atoms with E-state index in [0.717, 1.165) is 6.42 Å². The summed E-state index contributed by atoms with van der Waals surface area (Å²) in [5.74, 6) is -0.336. The Morgan fingerprint density at radius 1 is 1.25 bits per heavy atom. The molecule has 4 heteroatoms. The van der Waals surface area contributed by atoms with Gasteiger partial charge < -0.3 is 5.32 Å². The van der Waals surface area contributed by atoms with Gasteiger partial charge in [-0.2, -0.15) is 0 Å². The van der Waals surface area contributed by atoms with Gasteiger partial charge in [0.2, 0.25) is 5.91 Å². The third-order valence-corrected chi connectivity index (χ3v) is 4.60. The summed E-state index contributed by atoms with van der Waals surface area (Å²) >= 11 is 1.59. The lowest BCUT2D eigenvalue weighted by molar-refractivity contribution is -0.115. The van der Waals surface area contributed by atoms with E-state index in [1.54, 1.807) is 23.9 Å². The summed E-state index contributed by atoms with van der Waals surface area (Å²) in [6.07, 6.45) is 0.743. The number of nitrogens with one attached hydrogen (secondary N) is 1. The molecule has 1 aliphatic rings. The molecule has 1 amide bonds. The minimum atomic E-state index is -0.305. The number of amides is 1. The summed E-state index contributed by atoms with van der Waals surface area (Å²) in [4.78, 5) is 13.4. The van der Waals surface area contributed by atoms with Crippen molar-refractivity contribution in [1.82, 2.24) is 0 Å². The molecule has 2 aromatic carbocycles. The van der Waals surface area contributed by atoms with E-state index < -0.39 is 0 Å². The average molecular weight is 287 g/mol. The molecule has 0 radical (unpaired) electrons. The second kappa shape index (κ2) is 5.29. The second-order valence-corrected chi connectivity index (χ2v) is 6.16. The number of benzene rings is 2. The van der Waals surface area contributed by atoms with E-state index in [9.17, 15) is 9.18 Å². The number of halogens is 1. The summed E-state index contributed by atoms with van der Waals surface area (Å²) in [6, 6.07) is 12.1. The van der Waals surface area contributed by atoms with E-state index in [-0.39, 0.29) is 17.0 Å². The normalized spacial score (nSPS) is 16.8. The van der Waals surface area contributed by atoms with Crippen molar-refractivity contribution < 1.29 is 9.18 Å². The first-order valence-electron chi connectivity index (χ1n) is 6.44. The molecule has 0 fully saturated rings. The van der Waals surface area contributed by atoms with E-state index in [0.29, 0.717) is 5.69 Å². The predicted octanol–water partition coefficient (Wildman–Crippen LogP) is 3.79. The van der Waals surface area contributed by atoms with Crippen LogP contribution in [0.2, 0.25) is 0 Å². The third-order valence-electron chi connectivity index (χ3n) is 3.30. The smallest absolute Gasteiger partial charge is 0.238 e. The van der Waals surface area contributed by atoms with Crippen LogP contribution in [-0.4, -0.2) is 11.2 Å². The zero-order chi connectivity index (χ0) is 14.1. The molecule has 0 aliphatic carbocycles. The summed E-state index contributed by atoms with van der Waals surface area (Å²) in [6.45, 7) is 2.05. The maximum absolute atomic E-state index is 12.8. The van der Waals surface area contributed by atoms with E-state index in [1.807, 2.05) is 6.92 Å². The second-order valence-electron chi connectivity index (χ2n) is 4.92. The number of aryl methyl sites for hydroxylation is 1. The number of carbonyl (C=O) groups is 1. The largest absolute Gasteiger partial charge is 0.325 e. The fraction of sp³-hybridized carbons (Fsp3) is 0.188. The molecule has 102 valence electrons. The summed E-state index contributed by atoms with van der Waals surface area (Å²) in [5.41, 5.74) is 3.06. The molecule has 1 atom stereocenters. The highest BCUT2D eigenvalue weighted by Gasteiger charge is 2.28. The maximum atomic E-state index is 12.8. The highest BCUT2D eigenvalue weighted by atomic mass is 32.2. The van der Waals surface area contributed by atoms with Crippen molar-refractivity contribution in [2.24, 2.45) is 0 Å². The SMILES string of the molecule is Cc1ccc2c(c1)S[C@@H](C(=O)Nc1ccc(F)cc1)C2. The zero-order valence-corrected chi connectivity index (χ0v) is 11.8. The first-order valence-corrected chi connectivity index (χ1v) is 7.32. The van der Waals surface area contributed by atoms with Crippen LogP contribution < -0.4 is 5.32 Å². The summed E-state index contributed by atoms with van der Waals surface area (Å²) in [7, 11) is 0. The lowest BCUT2D eigenvalue weighted by Crippen LogP contribution is -2.24. The Bertz CT molecular complexity index is 654. The molecule has 0 saturated carbocycles. The molecule has 0 saturated heterocycles. The van der Waals surface area contributed by atoms with Crippen LogP contribution in [0.3, 0.4) is 0 Å². The Morgan fingerprint density at radius 3 is 2.75 bits per heavy atom. The van der Waals surface area contributed by atoms with Crippen molar-refractivity contribution in [2.75, 3.05) is 5.32 Å². The van der Waals surface area contributed by atoms with Crippen molar-refractivity contribution in [2.45, 2.75) is 23.5 Å². The highest BCUT2D eigenvalue weighted by molar-refractivity contribution is 8.01. The number of rotatable bonds is 2. The number of anilines is 1. The van der Waals surface area contributed by atoms with E-state index in [2.05, 4.69) is 23.5 Å². The van der Waals surface area contributed by atoms with Crippen LogP contribution in [0.4, 0.5) is 10.1 Å². The van der Waals surface area contributed by atoms with Crippen molar-refractivity contribution in [3.8, 4) is 0 Å². The quantitative estimate of drug-likeness (QED) is 0.910. The standard InChI is InChI=1S/C16H14FNOS/c1-10-2-3-11-9-15(20-14(11)8-10)16(19)18-13-6-4-12(17)5-7-13/h2-8,15H,9H2,1H3,(H,18,19)/t15-/m1/s1. The van der Waals surface area contributed by atoms with Gasteiger partial charge in [0.05, 0.1) is 5.25 Å². The van der Waals surface area contributed by atoms with Crippen molar-refractivity contribution in [3.63, 3.8) is 0 Å². The predicted molar refractivity (Wildman–Crippen MR) is 79.6 cm³/mol. The molecule has 20 heavy (non-hydrogen) atoms. The van der Waals surface area contributed by atoms with Gasteiger partial charge in [-0.3, -0.25) is 4.79 Å². The third kappa shape index (κ3) is 2.70. The molecule has 1 N–H and O–H groups in total. The molecule has 2 nitrogen and oxygen atoms in total. The van der Waals surface area contributed by atoms with Crippen LogP contribution in [0.15, 0.2) is 47.4 Å². The average Bonchev–Trinajstić information content (AvgIpc) is 2.84. The molecular formula is C16H14FNOS. The van der Waals surface area contributed by atoms with Crippen LogP contribution in [-0.2, 0) is 11.2 Å². The fourth-order valence-electron chi connectivity index (χ4n) is 2.24. The lowest BCUT2D eigenvalue weighted by atomic mass is 10.1. The number of thioether (sulfide) groups is 1. The lowest BCUT2D eigenvalue weighted by Gasteiger charge is -2.09. The molecule has 0 unspecified atom stereocenters. The molecule has 0 bridgehead atoms. The Kier molecular flexibility index (Phi) is 3.49. The molecule has 0 spiro atoms. The molecule has 0 aromatic heterocycles. The fourth-order valence-corrected chi connectivity index (χ4v) is 3.53. The van der Waals surface area contributed by atoms with E-state index in [4.69, 9.17) is 0 Å². The van der Waals surface area contributed by atoms with E-state index >= 15 is 0 Å². The minimum absolute atomic E-state index is 0.0320. The topological polar surface area (TPSA) is 29.1 Å². The first kappa shape index (κ1) is 13.2. The van der Waals surface area contributed by atoms with Gasteiger partial charge in [0.25, 0.3) is 0 Å². The van der Waals surface area contributed by atoms with Crippen molar-refractivity contribution in [3.05, 3.63) is 59.4 Å². The van der Waals surface area contributed by atoms with Crippen molar-refractivity contribution in [1.29, 1.82) is 0 Å². The van der Waals surface area contributed by atoms with Gasteiger partial charge in [-0.1, -0.05) is 17.7 Å². The van der Waals surface area contributed by atoms with Gasteiger partial charge in [-0.05, 0) is 49.2 Å². The molecule has 3 rings (SSSR count). The number of hydrogen-bond donors (Lipinski definition) is 1. The van der Waals surface area contributed by atoms with Gasteiger partial charge >= 0.3 is 0 Å². The van der Waals surface area contributed by atoms with Crippen molar-refractivity contribution >= 4 is 23.4 Å². The Balaban J connectivity index is 1.69. The van der Waals surface area contributed by atoms with Gasteiger partial charge in [0.15, 0.2) is 0 Å². The van der Waals surface area contributed by atoms with Gasteiger partial charge in [-0.25, -0.2) is 4.39 Å². The number of hydrogen-bond acceptors (Lipinski definition) is 2. The van der Waals surface area contributed by atoms with Crippen LogP contribution in [0.1, 0.15) is 11.1 Å².